The Labute approximate surface area is 376 Å². The Kier molecular flexibility index (Phi) is 15.5. The maximum Gasteiger partial charge on any atom is 0.258 e. The molecule has 0 aliphatic rings. The molecule has 5 aromatic carbocycles. The number of nitrogens with one attached hydrogen (secondary N) is 4. The van der Waals surface area contributed by atoms with Crippen LogP contribution in [0, 0.1) is 27.7 Å². The third-order valence-electron chi connectivity index (χ3n) is 9.23. The van der Waals surface area contributed by atoms with Crippen molar-refractivity contribution in [2.24, 2.45) is 20.5 Å². The Hall–Kier alpha value is -6.32. The Bertz CT molecular complexity index is 2520. The largest absolute Gasteiger partial charge is 0.324 e. The minimum atomic E-state index is -1.59. The van der Waals surface area contributed by atoms with Crippen LogP contribution in [0.15, 0.2) is 105 Å². The quantitative estimate of drug-likeness (QED) is 0.0630. The molecule has 0 unspecified atom stereocenters. The van der Waals surface area contributed by atoms with E-state index >= 15 is 0 Å². The van der Waals surface area contributed by atoms with E-state index in [0.717, 1.165) is 11.1 Å². The number of rotatable bonds is 14. The fourth-order valence-corrected chi connectivity index (χ4v) is 6.33. The predicted octanol–water partition coefficient (Wildman–Crippen LogP) is 11.4. The number of nitrogens with zero attached hydrogens (tertiary/aromatic N) is 4. The van der Waals surface area contributed by atoms with Gasteiger partial charge in [0.05, 0.1) is 10.0 Å². The maximum absolute atomic E-state index is 13.4. The maximum atomic E-state index is 13.4. The fourth-order valence-electron chi connectivity index (χ4n) is 5.67. The molecule has 14 nitrogen and oxygen atoms in total. The first-order chi connectivity index (χ1) is 29.3. The molecule has 0 radical (unpaired) electrons. The Morgan fingerprint density at radius 1 is 0.452 bits per heavy atom. The molecule has 318 valence electrons. The van der Waals surface area contributed by atoms with Crippen LogP contribution in [0.1, 0.15) is 56.8 Å². The third-order valence-corrected chi connectivity index (χ3v) is 10.3. The van der Waals surface area contributed by atoms with Gasteiger partial charge in [0.1, 0.15) is 11.4 Å². The molecule has 62 heavy (non-hydrogen) atoms. The van der Waals surface area contributed by atoms with E-state index in [4.69, 9.17) is 46.4 Å². The zero-order valence-corrected chi connectivity index (χ0v) is 37.0. The van der Waals surface area contributed by atoms with E-state index in [1.807, 2.05) is 13.8 Å². The number of Topliss-reactive ketones (excluding diaryl/α,β-unsaturated/α-hetero) is 2. The van der Waals surface area contributed by atoms with Gasteiger partial charge in [0.15, 0.2) is 11.6 Å². The zero-order valence-electron chi connectivity index (χ0n) is 34.0. The lowest BCUT2D eigenvalue weighted by atomic mass is 10.1. The molecular formula is C44H38Cl4N8O6. The lowest BCUT2D eigenvalue weighted by Gasteiger charge is -2.16. The van der Waals surface area contributed by atoms with Crippen molar-refractivity contribution in [2.45, 2.75) is 53.6 Å². The molecule has 0 aliphatic carbocycles. The summed E-state index contributed by atoms with van der Waals surface area (Å²) in [6.07, 6.45) is 0. The van der Waals surface area contributed by atoms with Gasteiger partial charge in [-0.05, 0) is 137 Å². The van der Waals surface area contributed by atoms with E-state index in [2.05, 4.69) is 41.7 Å². The summed E-state index contributed by atoms with van der Waals surface area (Å²) in [6, 6.07) is 18.7. The molecule has 0 aromatic heterocycles. The van der Waals surface area contributed by atoms with Gasteiger partial charge in [0.25, 0.3) is 23.6 Å². The highest BCUT2D eigenvalue weighted by atomic mass is 35.5. The summed E-state index contributed by atoms with van der Waals surface area (Å²) in [6.45, 7) is 9.27. The van der Waals surface area contributed by atoms with Gasteiger partial charge in [0.2, 0.25) is 12.1 Å². The van der Waals surface area contributed by atoms with Crippen LogP contribution in [0.2, 0.25) is 20.1 Å². The van der Waals surface area contributed by atoms with Crippen LogP contribution in [-0.2, 0) is 19.2 Å². The number of azo groups is 2. The summed E-state index contributed by atoms with van der Waals surface area (Å²) in [5.41, 5.74) is 4.60. The van der Waals surface area contributed by atoms with Crippen LogP contribution >= 0.6 is 46.4 Å². The second-order valence-corrected chi connectivity index (χ2v) is 15.8. The van der Waals surface area contributed by atoms with Crippen molar-refractivity contribution in [1.82, 2.24) is 0 Å². The zero-order chi connectivity index (χ0) is 45.4. The summed E-state index contributed by atoms with van der Waals surface area (Å²) in [5, 5.41) is 28.1. The minimum Gasteiger partial charge on any atom is -0.324 e. The summed E-state index contributed by atoms with van der Waals surface area (Å²) in [7, 11) is 0. The van der Waals surface area contributed by atoms with Gasteiger partial charge in [-0.3, -0.25) is 28.8 Å². The van der Waals surface area contributed by atoms with Crippen molar-refractivity contribution < 1.29 is 28.8 Å². The number of carbonyl (C=O) groups is 6. The fraction of sp³-hybridized carbons (Fsp3) is 0.182. The van der Waals surface area contributed by atoms with Crippen LogP contribution in [0.5, 0.6) is 0 Å². The number of hydrogen-bond acceptors (Lipinski definition) is 10. The topological polar surface area (TPSA) is 200 Å². The van der Waals surface area contributed by atoms with E-state index in [0.29, 0.717) is 43.9 Å². The summed E-state index contributed by atoms with van der Waals surface area (Å²) < 4.78 is 0. The van der Waals surface area contributed by atoms with Crippen LogP contribution in [-0.4, -0.2) is 47.3 Å². The highest BCUT2D eigenvalue weighted by molar-refractivity contribution is 6.34. The van der Waals surface area contributed by atoms with Gasteiger partial charge in [0, 0.05) is 43.9 Å². The van der Waals surface area contributed by atoms with Crippen molar-refractivity contribution >= 4 is 116 Å². The summed E-state index contributed by atoms with van der Waals surface area (Å²) >= 11 is 24.8. The van der Waals surface area contributed by atoms with Crippen LogP contribution in [0.3, 0.4) is 0 Å². The number of amides is 4. The van der Waals surface area contributed by atoms with Gasteiger partial charge in [-0.1, -0.05) is 58.5 Å². The molecule has 4 N–H and O–H groups in total. The Balaban J connectivity index is 1.27. The molecule has 0 spiro atoms. The minimum absolute atomic E-state index is 0.0423. The van der Waals surface area contributed by atoms with E-state index in [1.165, 1.54) is 50.2 Å². The monoisotopic (exact) mass is 914 g/mol. The van der Waals surface area contributed by atoms with E-state index in [9.17, 15) is 28.8 Å². The number of anilines is 4. The summed E-state index contributed by atoms with van der Waals surface area (Å²) in [4.78, 5) is 78.1. The van der Waals surface area contributed by atoms with Crippen molar-refractivity contribution in [1.29, 1.82) is 0 Å². The first-order valence-corrected chi connectivity index (χ1v) is 20.1. The van der Waals surface area contributed by atoms with Crippen LogP contribution < -0.4 is 21.3 Å². The Morgan fingerprint density at radius 2 is 0.806 bits per heavy atom. The molecule has 5 rings (SSSR count). The molecule has 2 atom stereocenters. The number of aryl methyl sites for hydroxylation is 4. The summed E-state index contributed by atoms with van der Waals surface area (Å²) in [5.74, 6) is -3.82. The number of ketones is 2. The second kappa shape index (κ2) is 20.5. The highest BCUT2D eigenvalue weighted by Crippen LogP contribution is 2.31. The molecule has 4 amide bonds. The molecule has 0 fully saturated rings. The van der Waals surface area contributed by atoms with Gasteiger partial charge < -0.3 is 21.3 Å². The number of benzene rings is 5. The van der Waals surface area contributed by atoms with Crippen molar-refractivity contribution in [3.05, 3.63) is 138 Å². The number of halogens is 4. The highest BCUT2D eigenvalue weighted by Gasteiger charge is 2.26. The molecule has 0 aliphatic heterocycles. The Morgan fingerprint density at radius 3 is 1.16 bits per heavy atom. The molecule has 0 heterocycles. The van der Waals surface area contributed by atoms with Gasteiger partial charge in [-0.2, -0.15) is 20.5 Å². The van der Waals surface area contributed by atoms with Gasteiger partial charge in [-0.25, -0.2) is 0 Å². The van der Waals surface area contributed by atoms with Crippen molar-refractivity contribution in [3.8, 4) is 0 Å². The lowest BCUT2D eigenvalue weighted by molar-refractivity contribution is -0.127. The average Bonchev–Trinajstić information content (AvgIpc) is 3.20. The van der Waals surface area contributed by atoms with E-state index in [-0.39, 0.29) is 32.5 Å². The molecular weight excluding hydrogens is 878 g/mol. The number of hydrogen-bond donors (Lipinski definition) is 4. The van der Waals surface area contributed by atoms with Crippen LogP contribution in [0.4, 0.5) is 34.1 Å². The third kappa shape index (κ3) is 11.9. The van der Waals surface area contributed by atoms with Gasteiger partial charge >= 0.3 is 0 Å². The molecule has 0 saturated heterocycles. The van der Waals surface area contributed by atoms with E-state index in [1.54, 1.807) is 62.4 Å². The first kappa shape index (κ1) is 46.7. The van der Waals surface area contributed by atoms with Gasteiger partial charge in [-0.15, -0.1) is 0 Å². The average molecular weight is 917 g/mol. The number of carbonyl (C=O) groups excluding carboxylic acids is 6. The van der Waals surface area contributed by atoms with E-state index < -0.39 is 47.3 Å². The molecule has 0 bridgehead atoms. The lowest BCUT2D eigenvalue weighted by Crippen LogP contribution is -2.32. The second-order valence-electron chi connectivity index (χ2n) is 14.1. The smallest absolute Gasteiger partial charge is 0.258 e. The predicted molar refractivity (Wildman–Crippen MR) is 242 cm³/mol. The SMILES string of the molecule is CC(=O)[C@@H](N=Nc1cc(C(=O)Nc2cc(Cl)ccc2C)ccc1Cl)C(=O)Nc1cc(C)c(NC(=O)[C@@H](N=Nc2cc(C(=O)Nc3cc(Cl)ccc3C)ccc2Cl)C(C)=O)cc1C. The van der Waals surface area contributed by atoms with Crippen molar-refractivity contribution in [3.63, 3.8) is 0 Å². The first-order valence-electron chi connectivity index (χ1n) is 18.6. The standard InChI is InChI=1S/C44H38Cl4N8O6/c1-21-7-11-29(45)19-35(21)49-41(59)27-9-13-31(47)37(17-27)53-55-39(25(5)57)43(61)51-33-15-24(4)34(16-23(33)3)52-44(62)40(26(6)58)56-54-38-18-28(10-14-32(38)48)42(60)50-36-20-30(46)12-8-22(36)2/h7-20,39-40H,1-6H3,(H,49,59)(H,50,60)(H,51,61)(H,52,62)/t39-,40+. The van der Waals surface area contributed by atoms with Crippen molar-refractivity contribution in [2.75, 3.05) is 21.3 Å². The van der Waals surface area contributed by atoms with Crippen LogP contribution in [0.25, 0.3) is 0 Å². The molecule has 5 aromatic rings. The normalized spacial score (nSPS) is 12.2. The molecule has 18 heteroatoms. The molecule has 0 saturated carbocycles.